The van der Waals surface area contributed by atoms with Crippen molar-refractivity contribution in [1.29, 1.82) is 0 Å². The van der Waals surface area contributed by atoms with Crippen molar-refractivity contribution in [3.63, 3.8) is 0 Å². The lowest BCUT2D eigenvalue weighted by molar-refractivity contribution is -0.132. The number of carboxylic acid groups (broad SMARTS) is 1. The SMILES string of the molecule is CC1(C)C(=O)NC2=CC(C(=O)O)=CC(Br)C21. The van der Waals surface area contributed by atoms with Crippen molar-refractivity contribution in [2.24, 2.45) is 11.3 Å². The maximum atomic E-state index is 11.7. The van der Waals surface area contributed by atoms with Gasteiger partial charge in [0.05, 0.1) is 11.0 Å². The topological polar surface area (TPSA) is 66.4 Å². The molecule has 0 bridgehead atoms. The number of halogens is 1. The van der Waals surface area contributed by atoms with E-state index in [9.17, 15) is 9.59 Å². The minimum Gasteiger partial charge on any atom is -0.478 e. The van der Waals surface area contributed by atoms with Crippen molar-refractivity contribution in [3.05, 3.63) is 23.4 Å². The summed E-state index contributed by atoms with van der Waals surface area (Å²) in [7, 11) is 0. The van der Waals surface area contributed by atoms with Crippen LogP contribution in [0.5, 0.6) is 0 Å². The number of fused-ring (bicyclic) bond motifs is 1. The lowest BCUT2D eigenvalue weighted by atomic mass is 9.76. The predicted molar refractivity (Wildman–Crippen MR) is 61.9 cm³/mol. The molecular formula is C11H12BrNO3. The molecule has 0 saturated carbocycles. The number of nitrogens with one attached hydrogen (secondary N) is 1. The summed E-state index contributed by atoms with van der Waals surface area (Å²) in [6.45, 7) is 3.73. The molecule has 1 aliphatic carbocycles. The van der Waals surface area contributed by atoms with Gasteiger partial charge in [-0.2, -0.15) is 0 Å². The first kappa shape index (κ1) is 11.4. The molecular weight excluding hydrogens is 274 g/mol. The van der Waals surface area contributed by atoms with Crippen LogP contribution in [0.1, 0.15) is 13.8 Å². The zero-order valence-corrected chi connectivity index (χ0v) is 10.5. The molecule has 0 radical (unpaired) electrons. The summed E-state index contributed by atoms with van der Waals surface area (Å²) in [4.78, 5) is 22.5. The number of carboxylic acids is 1. The molecule has 1 aliphatic heterocycles. The largest absolute Gasteiger partial charge is 0.478 e. The van der Waals surface area contributed by atoms with Crippen LogP contribution in [0.25, 0.3) is 0 Å². The molecule has 1 fully saturated rings. The highest BCUT2D eigenvalue weighted by molar-refractivity contribution is 9.09. The van der Waals surface area contributed by atoms with Crippen molar-refractivity contribution in [1.82, 2.24) is 5.32 Å². The number of allylic oxidation sites excluding steroid dienone is 2. The van der Waals surface area contributed by atoms with Crippen LogP contribution in [-0.4, -0.2) is 21.8 Å². The smallest absolute Gasteiger partial charge is 0.335 e. The highest BCUT2D eigenvalue weighted by atomic mass is 79.9. The van der Waals surface area contributed by atoms with Crippen molar-refractivity contribution in [3.8, 4) is 0 Å². The molecule has 0 aromatic rings. The fourth-order valence-corrected chi connectivity index (χ4v) is 3.44. The standard InChI is InChI=1S/C11H12BrNO3/c1-11(2)8-6(12)3-5(9(14)15)4-7(8)13-10(11)16/h3-4,6,8H,1-2H3,(H,13,16)(H,14,15). The van der Waals surface area contributed by atoms with Crippen molar-refractivity contribution in [2.45, 2.75) is 18.7 Å². The zero-order valence-electron chi connectivity index (χ0n) is 8.95. The molecule has 2 N–H and O–H groups in total. The lowest BCUT2D eigenvalue weighted by Crippen LogP contribution is -2.32. The molecule has 0 aromatic carbocycles. The first-order valence-electron chi connectivity index (χ1n) is 4.96. The van der Waals surface area contributed by atoms with Gasteiger partial charge in [0.25, 0.3) is 0 Å². The van der Waals surface area contributed by atoms with Crippen molar-refractivity contribution >= 4 is 27.8 Å². The molecule has 2 aliphatic rings. The third-order valence-electron chi connectivity index (χ3n) is 3.17. The van der Waals surface area contributed by atoms with E-state index in [0.717, 1.165) is 0 Å². The summed E-state index contributed by atoms with van der Waals surface area (Å²) in [5.41, 5.74) is 0.392. The van der Waals surface area contributed by atoms with Crippen LogP contribution in [0.2, 0.25) is 0 Å². The van der Waals surface area contributed by atoms with Crippen LogP contribution >= 0.6 is 15.9 Å². The highest BCUT2D eigenvalue weighted by Gasteiger charge is 2.49. The minimum absolute atomic E-state index is 0.0249. The maximum absolute atomic E-state index is 11.7. The van der Waals surface area contributed by atoms with Gasteiger partial charge < -0.3 is 10.4 Å². The summed E-state index contributed by atoms with van der Waals surface area (Å²) < 4.78 is 0. The highest BCUT2D eigenvalue weighted by Crippen LogP contribution is 2.45. The average Bonchev–Trinajstić information content (AvgIpc) is 2.37. The van der Waals surface area contributed by atoms with Gasteiger partial charge >= 0.3 is 5.97 Å². The van der Waals surface area contributed by atoms with Gasteiger partial charge in [-0.05, 0) is 6.08 Å². The number of amides is 1. The molecule has 2 atom stereocenters. The quantitative estimate of drug-likeness (QED) is 0.717. The van der Waals surface area contributed by atoms with Crippen LogP contribution < -0.4 is 5.32 Å². The number of hydrogen-bond acceptors (Lipinski definition) is 2. The summed E-state index contributed by atoms with van der Waals surface area (Å²) in [6, 6.07) is 0. The minimum atomic E-state index is -0.977. The second kappa shape index (κ2) is 3.45. The molecule has 86 valence electrons. The number of rotatable bonds is 1. The normalized spacial score (nSPS) is 31.3. The van der Waals surface area contributed by atoms with E-state index in [0.29, 0.717) is 5.70 Å². The molecule has 16 heavy (non-hydrogen) atoms. The van der Waals surface area contributed by atoms with E-state index in [1.54, 1.807) is 6.08 Å². The molecule has 1 heterocycles. The van der Waals surface area contributed by atoms with Gasteiger partial charge in [0.15, 0.2) is 0 Å². The second-order valence-electron chi connectivity index (χ2n) is 4.62. The van der Waals surface area contributed by atoms with Crippen LogP contribution in [0, 0.1) is 11.3 Å². The van der Waals surface area contributed by atoms with E-state index in [-0.39, 0.29) is 22.2 Å². The Hall–Kier alpha value is -1.10. The first-order chi connectivity index (χ1) is 7.34. The Balaban J connectivity index is 2.44. The predicted octanol–water partition coefficient (Wildman–Crippen LogP) is 1.43. The van der Waals surface area contributed by atoms with Gasteiger partial charge in [-0.15, -0.1) is 0 Å². The summed E-state index contributed by atoms with van der Waals surface area (Å²) >= 11 is 3.43. The van der Waals surface area contributed by atoms with E-state index in [1.807, 2.05) is 13.8 Å². The Morgan fingerprint density at radius 1 is 1.56 bits per heavy atom. The van der Waals surface area contributed by atoms with E-state index in [1.165, 1.54) is 6.08 Å². The van der Waals surface area contributed by atoms with Crippen LogP contribution in [0.3, 0.4) is 0 Å². The molecule has 2 unspecified atom stereocenters. The molecule has 5 heteroatoms. The lowest BCUT2D eigenvalue weighted by Gasteiger charge is -2.29. The number of carbonyl (C=O) groups is 2. The first-order valence-corrected chi connectivity index (χ1v) is 5.88. The molecule has 0 spiro atoms. The molecule has 1 amide bonds. The second-order valence-corrected chi connectivity index (χ2v) is 5.68. The fourth-order valence-electron chi connectivity index (χ4n) is 2.21. The van der Waals surface area contributed by atoms with E-state index >= 15 is 0 Å². The molecule has 1 saturated heterocycles. The Kier molecular flexibility index (Phi) is 2.45. The number of alkyl halides is 1. The Bertz CT molecular complexity index is 437. The van der Waals surface area contributed by atoms with Crippen LogP contribution in [0.4, 0.5) is 0 Å². The van der Waals surface area contributed by atoms with Crippen LogP contribution in [-0.2, 0) is 9.59 Å². The van der Waals surface area contributed by atoms with Crippen molar-refractivity contribution < 1.29 is 14.7 Å². The summed E-state index contributed by atoms with van der Waals surface area (Å²) in [5, 5.41) is 11.7. The van der Waals surface area contributed by atoms with E-state index < -0.39 is 11.4 Å². The fraction of sp³-hybridized carbons (Fsp3) is 0.455. The third kappa shape index (κ3) is 1.50. The van der Waals surface area contributed by atoms with Gasteiger partial charge in [0.1, 0.15) is 0 Å². The van der Waals surface area contributed by atoms with Gasteiger partial charge in [0, 0.05) is 16.4 Å². The van der Waals surface area contributed by atoms with E-state index in [4.69, 9.17) is 5.11 Å². The molecule has 0 aromatic heterocycles. The van der Waals surface area contributed by atoms with Crippen molar-refractivity contribution in [2.75, 3.05) is 0 Å². The van der Waals surface area contributed by atoms with Gasteiger partial charge in [-0.3, -0.25) is 4.79 Å². The molecule has 4 nitrogen and oxygen atoms in total. The number of carbonyl (C=O) groups excluding carboxylic acids is 1. The average molecular weight is 286 g/mol. The third-order valence-corrected chi connectivity index (χ3v) is 3.96. The summed E-state index contributed by atoms with van der Waals surface area (Å²) in [5.74, 6) is -1.06. The monoisotopic (exact) mass is 285 g/mol. The molecule has 2 rings (SSSR count). The van der Waals surface area contributed by atoms with E-state index in [2.05, 4.69) is 21.2 Å². The summed E-state index contributed by atoms with van der Waals surface area (Å²) in [6.07, 6.45) is 3.18. The Morgan fingerprint density at radius 2 is 2.19 bits per heavy atom. The maximum Gasteiger partial charge on any atom is 0.335 e. The number of hydrogen-bond donors (Lipinski definition) is 2. The Morgan fingerprint density at radius 3 is 2.75 bits per heavy atom. The van der Waals surface area contributed by atoms with Gasteiger partial charge in [0.2, 0.25) is 5.91 Å². The van der Waals surface area contributed by atoms with Crippen LogP contribution in [0.15, 0.2) is 23.4 Å². The number of aliphatic carboxylic acids is 1. The van der Waals surface area contributed by atoms with Gasteiger partial charge in [-0.1, -0.05) is 35.9 Å². The Labute approximate surface area is 102 Å². The zero-order chi connectivity index (χ0) is 12.1. The van der Waals surface area contributed by atoms with Gasteiger partial charge in [-0.25, -0.2) is 4.79 Å².